The van der Waals surface area contributed by atoms with Gasteiger partial charge in [0, 0.05) is 5.75 Å². The molecule has 1 aliphatic heterocycles. The Labute approximate surface area is 104 Å². The summed E-state index contributed by atoms with van der Waals surface area (Å²) in [5.41, 5.74) is 1.01. The van der Waals surface area contributed by atoms with Gasteiger partial charge >= 0.3 is 6.09 Å². The molecule has 0 N–H and O–H groups in total. The van der Waals surface area contributed by atoms with E-state index in [2.05, 4.69) is 0 Å². The van der Waals surface area contributed by atoms with E-state index >= 15 is 0 Å². The van der Waals surface area contributed by atoms with Gasteiger partial charge in [-0.05, 0) is 5.56 Å². The van der Waals surface area contributed by atoms with Crippen LogP contribution < -0.4 is 0 Å². The summed E-state index contributed by atoms with van der Waals surface area (Å²) >= 11 is 1.57. The summed E-state index contributed by atoms with van der Waals surface area (Å²) in [4.78, 5) is 24.1. The zero-order valence-electron chi connectivity index (χ0n) is 9.41. The van der Waals surface area contributed by atoms with Crippen molar-refractivity contribution >= 4 is 24.1 Å². The lowest BCUT2D eigenvalue weighted by atomic mass is 10.2. The predicted molar refractivity (Wildman–Crippen MR) is 65.7 cm³/mol. The summed E-state index contributed by atoms with van der Waals surface area (Å²) in [6.45, 7) is 0. The van der Waals surface area contributed by atoms with Crippen LogP contribution in [0.3, 0.4) is 0 Å². The minimum Gasteiger partial charge on any atom is -0.453 e. The second-order valence-corrected chi connectivity index (χ2v) is 4.79. The molecule has 0 bridgehead atoms. The number of hydrogen-bond acceptors (Lipinski definition) is 4. The Balaban J connectivity index is 2.28. The Morgan fingerprint density at radius 1 is 1.47 bits per heavy atom. The summed E-state index contributed by atoms with van der Waals surface area (Å²) in [5.74, 6) is 0.609. The molecule has 0 radical (unpaired) electrons. The van der Waals surface area contributed by atoms with Crippen molar-refractivity contribution in [1.82, 2.24) is 4.90 Å². The summed E-state index contributed by atoms with van der Waals surface area (Å²) < 4.78 is 4.73. The molecule has 4 nitrogen and oxygen atoms in total. The van der Waals surface area contributed by atoms with Crippen molar-refractivity contribution < 1.29 is 14.3 Å². The molecule has 5 heteroatoms. The highest BCUT2D eigenvalue weighted by atomic mass is 32.2. The smallest absolute Gasteiger partial charge is 0.411 e. The zero-order valence-corrected chi connectivity index (χ0v) is 10.2. The van der Waals surface area contributed by atoms with Crippen molar-refractivity contribution in [2.45, 2.75) is 11.4 Å². The summed E-state index contributed by atoms with van der Waals surface area (Å²) in [6, 6.07) is 9.24. The van der Waals surface area contributed by atoms with Crippen LogP contribution in [0.15, 0.2) is 30.3 Å². The van der Waals surface area contributed by atoms with Gasteiger partial charge in [0.15, 0.2) is 0 Å². The van der Waals surface area contributed by atoms with Gasteiger partial charge in [0.05, 0.1) is 7.11 Å². The first-order chi connectivity index (χ1) is 8.27. The third kappa shape index (κ3) is 2.29. The van der Waals surface area contributed by atoms with E-state index in [0.717, 1.165) is 11.8 Å². The van der Waals surface area contributed by atoms with Gasteiger partial charge in [-0.2, -0.15) is 0 Å². The van der Waals surface area contributed by atoms with Crippen LogP contribution in [-0.4, -0.2) is 36.2 Å². The number of amides is 1. The average molecular weight is 251 g/mol. The molecule has 1 aromatic rings. The molecule has 17 heavy (non-hydrogen) atoms. The van der Waals surface area contributed by atoms with Crippen LogP contribution >= 0.6 is 11.8 Å². The fourth-order valence-corrected chi connectivity index (χ4v) is 3.21. The molecule has 2 atom stereocenters. The van der Waals surface area contributed by atoms with Crippen molar-refractivity contribution in [3.8, 4) is 0 Å². The second kappa shape index (κ2) is 5.23. The molecule has 0 aliphatic carbocycles. The molecule has 1 fully saturated rings. The number of ether oxygens (including phenoxy) is 1. The van der Waals surface area contributed by atoms with E-state index < -0.39 is 12.1 Å². The van der Waals surface area contributed by atoms with Crippen molar-refractivity contribution in [2.75, 3.05) is 12.9 Å². The van der Waals surface area contributed by atoms with Crippen LogP contribution in [0.25, 0.3) is 0 Å². The minimum absolute atomic E-state index is 0.140. The zero-order chi connectivity index (χ0) is 12.3. The third-order valence-electron chi connectivity index (χ3n) is 2.66. The topological polar surface area (TPSA) is 46.6 Å². The maximum absolute atomic E-state index is 11.7. The van der Waals surface area contributed by atoms with Crippen molar-refractivity contribution in [1.29, 1.82) is 0 Å². The monoisotopic (exact) mass is 251 g/mol. The molecule has 1 aliphatic rings. The number of nitrogens with zero attached hydrogens (tertiary/aromatic N) is 1. The van der Waals surface area contributed by atoms with E-state index in [-0.39, 0.29) is 5.37 Å². The lowest BCUT2D eigenvalue weighted by Gasteiger charge is -2.25. The lowest BCUT2D eigenvalue weighted by Crippen LogP contribution is -2.38. The largest absolute Gasteiger partial charge is 0.453 e. The standard InChI is InChI=1S/C12H13NO3S/c1-16-12(15)13-10(7-14)8-17-11(13)9-5-3-2-4-6-9/h2-7,10-11H,8H2,1H3/t10-,11-/m1/s1. The van der Waals surface area contributed by atoms with Gasteiger partial charge in [0.1, 0.15) is 17.7 Å². The molecule has 1 aromatic carbocycles. The number of rotatable bonds is 2. The van der Waals surface area contributed by atoms with E-state index in [9.17, 15) is 9.59 Å². The number of methoxy groups -OCH3 is 1. The van der Waals surface area contributed by atoms with Gasteiger partial charge in [-0.3, -0.25) is 4.90 Å². The summed E-state index contributed by atoms with van der Waals surface area (Å²) in [7, 11) is 1.33. The fraction of sp³-hybridized carbons (Fsp3) is 0.333. The first-order valence-electron chi connectivity index (χ1n) is 5.26. The molecule has 1 saturated heterocycles. The maximum Gasteiger partial charge on any atom is 0.411 e. The molecular formula is C12H13NO3S. The molecule has 0 saturated carbocycles. The Morgan fingerprint density at radius 3 is 2.76 bits per heavy atom. The van der Waals surface area contributed by atoms with Crippen LogP contribution in [0, 0.1) is 0 Å². The number of hydrogen-bond donors (Lipinski definition) is 0. The van der Waals surface area contributed by atoms with Gasteiger partial charge in [-0.1, -0.05) is 30.3 Å². The van der Waals surface area contributed by atoms with Crippen molar-refractivity contribution in [3.63, 3.8) is 0 Å². The molecular weight excluding hydrogens is 238 g/mol. The molecule has 0 unspecified atom stereocenters. The molecule has 1 heterocycles. The quantitative estimate of drug-likeness (QED) is 0.755. The molecule has 0 spiro atoms. The second-order valence-electron chi connectivity index (χ2n) is 3.68. The van der Waals surface area contributed by atoms with E-state index in [4.69, 9.17) is 4.74 Å². The highest BCUT2D eigenvalue weighted by Gasteiger charge is 2.38. The van der Waals surface area contributed by atoms with Crippen LogP contribution in [-0.2, 0) is 9.53 Å². The van der Waals surface area contributed by atoms with Gasteiger partial charge in [0.2, 0.25) is 0 Å². The Bertz CT molecular complexity index is 409. The number of thioether (sulfide) groups is 1. The van der Waals surface area contributed by atoms with Crippen molar-refractivity contribution in [2.24, 2.45) is 0 Å². The van der Waals surface area contributed by atoms with Gasteiger partial charge < -0.3 is 9.53 Å². The van der Waals surface area contributed by atoms with Crippen molar-refractivity contribution in [3.05, 3.63) is 35.9 Å². The number of carbonyl (C=O) groups is 2. The van der Waals surface area contributed by atoms with E-state index in [1.54, 1.807) is 11.8 Å². The van der Waals surface area contributed by atoms with E-state index in [1.807, 2.05) is 30.3 Å². The normalized spacial score (nSPS) is 23.5. The number of aldehydes is 1. The van der Waals surface area contributed by atoms with Crippen LogP contribution in [0.2, 0.25) is 0 Å². The SMILES string of the molecule is COC(=O)N1[C@H](C=O)CS[C@@H]1c1ccccc1. The number of benzene rings is 1. The Morgan fingerprint density at radius 2 is 2.18 bits per heavy atom. The molecule has 2 rings (SSSR count). The Hall–Kier alpha value is -1.49. The van der Waals surface area contributed by atoms with Gasteiger partial charge in [-0.25, -0.2) is 4.79 Å². The van der Waals surface area contributed by atoms with Gasteiger partial charge in [0.25, 0.3) is 0 Å². The summed E-state index contributed by atoms with van der Waals surface area (Å²) in [6.07, 6.45) is 0.341. The summed E-state index contributed by atoms with van der Waals surface area (Å²) in [5, 5.41) is -0.140. The van der Waals surface area contributed by atoms with Crippen LogP contribution in [0.4, 0.5) is 4.79 Å². The Kier molecular flexibility index (Phi) is 3.68. The van der Waals surface area contributed by atoms with Crippen LogP contribution in [0.1, 0.15) is 10.9 Å². The number of carbonyl (C=O) groups excluding carboxylic acids is 2. The fourth-order valence-electron chi connectivity index (χ4n) is 1.84. The highest BCUT2D eigenvalue weighted by molar-refractivity contribution is 7.99. The van der Waals surface area contributed by atoms with Crippen LogP contribution in [0.5, 0.6) is 0 Å². The molecule has 1 amide bonds. The predicted octanol–water partition coefficient (Wildman–Crippen LogP) is 2.07. The lowest BCUT2D eigenvalue weighted by molar-refractivity contribution is -0.111. The molecule has 0 aromatic heterocycles. The third-order valence-corrected chi connectivity index (χ3v) is 4.01. The molecule has 90 valence electrons. The van der Waals surface area contributed by atoms with E-state index in [0.29, 0.717) is 5.75 Å². The average Bonchev–Trinajstić information content (AvgIpc) is 2.82. The first kappa shape index (κ1) is 12.0. The maximum atomic E-state index is 11.7. The van der Waals surface area contributed by atoms with Gasteiger partial charge in [-0.15, -0.1) is 11.8 Å². The first-order valence-corrected chi connectivity index (χ1v) is 6.31. The highest BCUT2D eigenvalue weighted by Crippen LogP contribution is 2.40. The van der Waals surface area contributed by atoms with E-state index in [1.165, 1.54) is 12.0 Å². The minimum atomic E-state index is -0.457.